The van der Waals surface area contributed by atoms with Crippen LogP contribution in [0.2, 0.25) is 0 Å². The van der Waals surface area contributed by atoms with Gasteiger partial charge in [-0.15, -0.1) is 0 Å². The van der Waals surface area contributed by atoms with Crippen LogP contribution in [0.3, 0.4) is 0 Å². The third kappa shape index (κ3) is 2.70. The number of hydrogen-bond acceptors (Lipinski definition) is 2. The van der Waals surface area contributed by atoms with Crippen molar-refractivity contribution in [1.29, 1.82) is 0 Å². The van der Waals surface area contributed by atoms with Gasteiger partial charge in [0.2, 0.25) is 0 Å². The molecular weight excluding hydrogens is 233 g/mol. The van der Waals surface area contributed by atoms with Crippen LogP contribution in [0.1, 0.15) is 35.7 Å². The standard InChI is InChI=1S/C14H18FNO2/c1-2-10-6-7-16(8-10)9-11-4-3-5-12(13(11)15)14(17)18/h3-5,10H,2,6-9H2,1H3,(H,17,18). The highest BCUT2D eigenvalue weighted by molar-refractivity contribution is 5.88. The first-order chi connectivity index (χ1) is 8.61. The third-order valence-electron chi connectivity index (χ3n) is 3.65. The number of carbonyl (C=O) groups is 1. The van der Waals surface area contributed by atoms with Crippen molar-refractivity contribution in [3.63, 3.8) is 0 Å². The lowest BCUT2D eigenvalue weighted by molar-refractivity contribution is 0.0691. The Kier molecular flexibility index (Phi) is 3.97. The molecule has 4 heteroatoms. The van der Waals surface area contributed by atoms with Crippen LogP contribution in [-0.4, -0.2) is 29.1 Å². The molecule has 3 nitrogen and oxygen atoms in total. The maximum Gasteiger partial charge on any atom is 0.338 e. The van der Waals surface area contributed by atoms with Crippen LogP contribution in [0.25, 0.3) is 0 Å². The van der Waals surface area contributed by atoms with E-state index in [1.165, 1.54) is 6.07 Å². The average molecular weight is 251 g/mol. The quantitative estimate of drug-likeness (QED) is 0.894. The predicted molar refractivity (Wildman–Crippen MR) is 67.0 cm³/mol. The summed E-state index contributed by atoms with van der Waals surface area (Å²) in [6, 6.07) is 4.58. The van der Waals surface area contributed by atoms with Gasteiger partial charge in [-0.1, -0.05) is 25.5 Å². The number of halogens is 1. The fraction of sp³-hybridized carbons (Fsp3) is 0.500. The van der Waals surface area contributed by atoms with Gasteiger partial charge in [0.25, 0.3) is 0 Å². The molecule has 1 heterocycles. The number of rotatable bonds is 4. The van der Waals surface area contributed by atoms with Crippen LogP contribution >= 0.6 is 0 Å². The summed E-state index contributed by atoms with van der Waals surface area (Å²) in [7, 11) is 0. The zero-order chi connectivity index (χ0) is 13.1. The maximum atomic E-state index is 13.9. The Morgan fingerprint density at radius 3 is 2.94 bits per heavy atom. The molecule has 0 spiro atoms. The largest absolute Gasteiger partial charge is 0.478 e. The van der Waals surface area contributed by atoms with Gasteiger partial charge >= 0.3 is 5.97 Å². The van der Waals surface area contributed by atoms with Crippen molar-refractivity contribution in [2.45, 2.75) is 26.3 Å². The summed E-state index contributed by atoms with van der Waals surface area (Å²) < 4.78 is 13.9. The van der Waals surface area contributed by atoms with Gasteiger partial charge in [0, 0.05) is 18.7 Å². The number of benzene rings is 1. The SMILES string of the molecule is CCC1CCN(Cc2cccc(C(=O)O)c2F)C1. The van der Waals surface area contributed by atoms with Crippen molar-refractivity contribution in [1.82, 2.24) is 4.90 Å². The van der Waals surface area contributed by atoms with Gasteiger partial charge in [0.05, 0.1) is 5.56 Å². The summed E-state index contributed by atoms with van der Waals surface area (Å²) in [5, 5.41) is 8.88. The van der Waals surface area contributed by atoms with Crippen molar-refractivity contribution >= 4 is 5.97 Å². The molecule has 18 heavy (non-hydrogen) atoms. The van der Waals surface area contributed by atoms with E-state index in [0.717, 1.165) is 25.9 Å². The second-order valence-corrected chi connectivity index (χ2v) is 4.88. The molecule has 0 aliphatic carbocycles. The van der Waals surface area contributed by atoms with Crippen LogP contribution in [-0.2, 0) is 6.54 Å². The Morgan fingerprint density at radius 2 is 2.33 bits per heavy atom. The van der Waals surface area contributed by atoms with E-state index in [2.05, 4.69) is 11.8 Å². The van der Waals surface area contributed by atoms with Crippen LogP contribution in [0.15, 0.2) is 18.2 Å². The number of likely N-dealkylation sites (tertiary alicyclic amines) is 1. The summed E-state index contributed by atoms with van der Waals surface area (Å²) >= 11 is 0. The summed E-state index contributed by atoms with van der Waals surface area (Å²) in [5.74, 6) is -1.11. The van der Waals surface area contributed by atoms with Crippen LogP contribution < -0.4 is 0 Å². The van der Waals surface area contributed by atoms with Gasteiger partial charge in [-0.3, -0.25) is 4.90 Å². The van der Waals surface area contributed by atoms with Crippen molar-refractivity contribution in [2.75, 3.05) is 13.1 Å². The number of aromatic carboxylic acids is 1. The van der Waals surface area contributed by atoms with Gasteiger partial charge < -0.3 is 5.11 Å². The molecule has 1 saturated heterocycles. The van der Waals surface area contributed by atoms with Gasteiger partial charge in [0.1, 0.15) is 5.82 Å². The predicted octanol–water partition coefficient (Wildman–Crippen LogP) is 2.76. The zero-order valence-electron chi connectivity index (χ0n) is 10.5. The first kappa shape index (κ1) is 13.0. The molecule has 1 atom stereocenters. The Morgan fingerprint density at radius 1 is 1.56 bits per heavy atom. The van der Waals surface area contributed by atoms with Crippen molar-refractivity contribution in [2.24, 2.45) is 5.92 Å². The lowest BCUT2D eigenvalue weighted by Gasteiger charge is -2.16. The molecule has 1 N–H and O–H groups in total. The molecular formula is C14H18FNO2. The average Bonchev–Trinajstić information content (AvgIpc) is 2.79. The monoisotopic (exact) mass is 251 g/mol. The highest BCUT2D eigenvalue weighted by Crippen LogP contribution is 2.22. The van der Waals surface area contributed by atoms with E-state index in [4.69, 9.17) is 5.11 Å². The van der Waals surface area contributed by atoms with Crippen molar-refractivity contribution in [3.8, 4) is 0 Å². The number of carboxylic acids is 1. The fourth-order valence-electron chi connectivity index (χ4n) is 2.50. The normalized spacial score (nSPS) is 20.2. The van der Waals surface area contributed by atoms with E-state index in [1.54, 1.807) is 12.1 Å². The Labute approximate surface area is 106 Å². The van der Waals surface area contributed by atoms with E-state index in [-0.39, 0.29) is 5.56 Å². The Bertz CT molecular complexity index is 447. The van der Waals surface area contributed by atoms with Crippen LogP contribution in [0.4, 0.5) is 4.39 Å². The topological polar surface area (TPSA) is 40.5 Å². The maximum absolute atomic E-state index is 13.9. The first-order valence-electron chi connectivity index (χ1n) is 6.34. The van der Waals surface area contributed by atoms with Crippen molar-refractivity contribution in [3.05, 3.63) is 35.1 Å². The minimum absolute atomic E-state index is 0.237. The zero-order valence-corrected chi connectivity index (χ0v) is 10.5. The van der Waals surface area contributed by atoms with Crippen molar-refractivity contribution < 1.29 is 14.3 Å². The lowest BCUT2D eigenvalue weighted by atomic mass is 10.1. The molecule has 0 amide bonds. The van der Waals surface area contributed by atoms with E-state index in [1.807, 2.05) is 0 Å². The molecule has 0 aromatic heterocycles. The molecule has 1 unspecified atom stereocenters. The molecule has 98 valence electrons. The summed E-state index contributed by atoms with van der Waals surface area (Å²) in [4.78, 5) is 13.0. The molecule has 1 fully saturated rings. The second kappa shape index (κ2) is 5.48. The molecule has 0 saturated carbocycles. The van der Waals surface area contributed by atoms with E-state index in [9.17, 15) is 9.18 Å². The van der Waals surface area contributed by atoms with Gasteiger partial charge in [-0.2, -0.15) is 0 Å². The summed E-state index contributed by atoms with van der Waals surface area (Å²) in [6.45, 7) is 4.62. The lowest BCUT2D eigenvalue weighted by Crippen LogP contribution is -2.21. The molecule has 1 aliphatic heterocycles. The van der Waals surface area contributed by atoms with Crippen LogP contribution in [0, 0.1) is 11.7 Å². The second-order valence-electron chi connectivity index (χ2n) is 4.88. The van der Waals surface area contributed by atoms with E-state index in [0.29, 0.717) is 18.0 Å². The highest BCUT2D eigenvalue weighted by atomic mass is 19.1. The molecule has 1 aromatic rings. The van der Waals surface area contributed by atoms with Gasteiger partial charge in [-0.25, -0.2) is 9.18 Å². The van der Waals surface area contributed by atoms with E-state index >= 15 is 0 Å². The molecule has 2 rings (SSSR count). The van der Waals surface area contributed by atoms with Gasteiger partial charge in [-0.05, 0) is 24.9 Å². The Balaban J connectivity index is 2.10. The number of nitrogens with zero attached hydrogens (tertiary/aromatic N) is 1. The minimum atomic E-state index is -1.21. The van der Waals surface area contributed by atoms with E-state index < -0.39 is 11.8 Å². The fourth-order valence-corrected chi connectivity index (χ4v) is 2.50. The summed E-state index contributed by atoms with van der Waals surface area (Å²) in [6.07, 6.45) is 2.30. The molecule has 1 aromatic carbocycles. The first-order valence-corrected chi connectivity index (χ1v) is 6.34. The smallest absolute Gasteiger partial charge is 0.338 e. The molecule has 0 radical (unpaired) electrons. The van der Waals surface area contributed by atoms with Gasteiger partial charge in [0.15, 0.2) is 0 Å². The minimum Gasteiger partial charge on any atom is -0.478 e. The molecule has 1 aliphatic rings. The third-order valence-corrected chi connectivity index (χ3v) is 3.65. The number of hydrogen-bond donors (Lipinski definition) is 1. The Hall–Kier alpha value is -1.42. The highest BCUT2D eigenvalue weighted by Gasteiger charge is 2.22. The number of carboxylic acid groups (broad SMARTS) is 1. The summed E-state index contributed by atoms with van der Waals surface area (Å²) in [5.41, 5.74) is 0.241. The van der Waals surface area contributed by atoms with Crippen LogP contribution in [0.5, 0.6) is 0 Å². The molecule has 0 bridgehead atoms.